The van der Waals surface area contributed by atoms with Gasteiger partial charge in [0.2, 0.25) is 0 Å². The molecule has 0 aliphatic rings. The van der Waals surface area contributed by atoms with E-state index in [0.29, 0.717) is 19.3 Å². The number of carbonyl (C=O) groups is 3. The van der Waals surface area contributed by atoms with Crippen LogP contribution in [0.3, 0.4) is 0 Å². The van der Waals surface area contributed by atoms with Gasteiger partial charge in [-0.3, -0.25) is 14.4 Å². The highest BCUT2D eigenvalue weighted by atomic mass is 16.6. The first-order chi connectivity index (χ1) is 40.5. The van der Waals surface area contributed by atoms with Gasteiger partial charge in [-0.15, -0.1) is 0 Å². The van der Waals surface area contributed by atoms with Crippen LogP contribution in [0.1, 0.15) is 310 Å². The Labute approximate surface area is 506 Å². The summed E-state index contributed by atoms with van der Waals surface area (Å²) in [6.07, 6.45) is 97.4. The number of ether oxygens (including phenoxy) is 3. The molecule has 0 N–H and O–H groups in total. The summed E-state index contributed by atoms with van der Waals surface area (Å²) in [7, 11) is 0. The van der Waals surface area contributed by atoms with Gasteiger partial charge in [0, 0.05) is 19.3 Å². The molecule has 0 aromatic carbocycles. The lowest BCUT2D eigenvalue weighted by Crippen LogP contribution is -2.30. The van der Waals surface area contributed by atoms with Gasteiger partial charge in [0.1, 0.15) is 13.2 Å². The summed E-state index contributed by atoms with van der Waals surface area (Å²) < 4.78 is 16.9. The Kier molecular flexibility index (Phi) is 65.3. The second-order valence-corrected chi connectivity index (χ2v) is 22.3. The normalized spacial score (nSPS) is 13.0. The summed E-state index contributed by atoms with van der Waals surface area (Å²) in [5.41, 5.74) is 0. The van der Waals surface area contributed by atoms with Crippen molar-refractivity contribution in [1.82, 2.24) is 0 Å². The predicted octanol–water partition coefficient (Wildman–Crippen LogP) is 23.7. The first-order valence-corrected chi connectivity index (χ1v) is 34.2. The molecular formula is C76H126O6. The molecule has 0 aliphatic carbocycles. The van der Waals surface area contributed by atoms with E-state index >= 15 is 0 Å². The third kappa shape index (κ3) is 66.4. The fourth-order valence-electron chi connectivity index (χ4n) is 9.24. The van der Waals surface area contributed by atoms with Crippen molar-refractivity contribution in [2.45, 2.75) is 316 Å². The highest BCUT2D eigenvalue weighted by Crippen LogP contribution is 2.15. The van der Waals surface area contributed by atoms with Crippen molar-refractivity contribution >= 4 is 17.9 Å². The van der Waals surface area contributed by atoms with E-state index in [-0.39, 0.29) is 31.1 Å². The summed E-state index contributed by atoms with van der Waals surface area (Å²) in [6, 6.07) is 0. The van der Waals surface area contributed by atoms with E-state index in [1.165, 1.54) is 122 Å². The molecule has 0 aromatic rings. The molecule has 0 saturated heterocycles. The first-order valence-electron chi connectivity index (χ1n) is 34.2. The van der Waals surface area contributed by atoms with Crippen LogP contribution in [0.5, 0.6) is 0 Å². The monoisotopic (exact) mass is 1130 g/mol. The van der Waals surface area contributed by atoms with Gasteiger partial charge < -0.3 is 14.2 Å². The van der Waals surface area contributed by atoms with E-state index in [1.54, 1.807) is 0 Å². The van der Waals surface area contributed by atoms with Crippen molar-refractivity contribution in [3.63, 3.8) is 0 Å². The highest BCUT2D eigenvalue weighted by Gasteiger charge is 2.19. The third-order valence-electron chi connectivity index (χ3n) is 14.4. The Morgan fingerprint density at radius 2 is 0.488 bits per heavy atom. The van der Waals surface area contributed by atoms with E-state index in [1.807, 2.05) is 0 Å². The molecule has 0 radical (unpaired) electrons. The second-order valence-electron chi connectivity index (χ2n) is 22.3. The van der Waals surface area contributed by atoms with Crippen molar-refractivity contribution in [1.29, 1.82) is 0 Å². The minimum absolute atomic E-state index is 0.0932. The van der Waals surface area contributed by atoms with Crippen LogP contribution in [0, 0.1) is 0 Å². The molecule has 0 saturated carbocycles. The Morgan fingerprint density at radius 1 is 0.256 bits per heavy atom. The topological polar surface area (TPSA) is 78.9 Å². The summed E-state index contributed by atoms with van der Waals surface area (Å²) in [5, 5.41) is 0. The molecule has 6 nitrogen and oxygen atoms in total. The molecule has 0 aliphatic heterocycles. The van der Waals surface area contributed by atoms with E-state index in [4.69, 9.17) is 14.2 Å². The minimum atomic E-state index is -0.798. The van der Waals surface area contributed by atoms with Crippen LogP contribution >= 0.6 is 0 Å². The van der Waals surface area contributed by atoms with Crippen molar-refractivity contribution in [3.05, 3.63) is 134 Å². The molecule has 1 atom stereocenters. The van der Waals surface area contributed by atoms with Gasteiger partial charge in [0.15, 0.2) is 6.10 Å². The zero-order chi connectivity index (χ0) is 59.2. The van der Waals surface area contributed by atoms with Crippen LogP contribution in [0.25, 0.3) is 0 Å². The lowest BCUT2D eigenvalue weighted by Gasteiger charge is -2.18. The van der Waals surface area contributed by atoms with Crippen molar-refractivity contribution in [2.24, 2.45) is 0 Å². The zero-order valence-corrected chi connectivity index (χ0v) is 53.5. The van der Waals surface area contributed by atoms with Crippen LogP contribution in [-0.4, -0.2) is 37.2 Å². The smallest absolute Gasteiger partial charge is 0.306 e. The van der Waals surface area contributed by atoms with Crippen molar-refractivity contribution in [3.8, 4) is 0 Å². The number of hydrogen-bond donors (Lipinski definition) is 0. The standard InChI is InChI=1S/C76H126O6/c1-4-7-10-13-16-19-22-25-28-30-32-34-36-37-38-39-41-42-44-46-48-51-54-57-60-63-66-69-75(78)81-72-73(71-80-74(77)68-65-62-59-56-53-50-27-24-21-18-15-12-9-6-3)82-76(79)70-67-64-61-58-55-52-49-47-45-43-40-35-33-31-29-26-23-20-17-14-11-8-5-2/h7,10,15-16,18-19,23-28,31-34,37-38,40-43,73H,4-6,8-9,11-14,17,20-22,29-30,35-36,39,44-72H2,1-3H3/b10-7-,18-15-,19-16-,26-23-,27-24-,28-25-,33-31-,34-32-,38-37-,42-41-,43-40-. The fraction of sp³-hybridized carbons (Fsp3) is 0.671. The zero-order valence-electron chi connectivity index (χ0n) is 53.5. The molecule has 0 aromatic heterocycles. The molecule has 0 bridgehead atoms. The van der Waals surface area contributed by atoms with E-state index in [2.05, 4.69) is 154 Å². The van der Waals surface area contributed by atoms with Gasteiger partial charge in [-0.1, -0.05) is 289 Å². The van der Waals surface area contributed by atoms with E-state index in [9.17, 15) is 14.4 Å². The summed E-state index contributed by atoms with van der Waals surface area (Å²) in [4.78, 5) is 38.4. The maximum atomic E-state index is 12.9. The summed E-state index contributed by atoms with van der Waals surface area (Å²) >= 11 is 0. The van der Waals surface area contributed by atoms with E-state index < -0.39 is 6.10 Å². The van der Waals surface area contributed by atoms with Crippen LogP contribution in [-0.2, 0) is 28.6 Å². The maximum Gasteiger partial charge on any atom is 0.306 e. The Morgan fingerprint density at radius 3 is 0.780 bits per heavy atom. The Hall–Kier alpha value is -4.45. The molecule has 466 valence electrons. The quantitative estimate of drug-likeness (QED) is 0.0261. The highest BCUT2D eigenvalue weighted by molar-refractivity contribution is 5.71. The Bertz CT molecular complexity index is 1730. The molecule has 0 rings (SSSR count). The number of allylic oxidation sites excluding steroid dienone is 22. The average Bonchev–Trinajstić information content (AvgIpc) is 3.48. The lowest BCUT2D eigenvalue weighted by atomic mass is 10.1. The van der Waals surface area contributed by atoms with E-state index in [0.717, 1.165) is 148 Å². The van der Waals surface area contributed by atoms with Crippen LogP contribution in [0.2, 0.25) is 0 Å². The number of esters is 3. The van der Waals surface area contributed by atoms with Crippen molar-refractivity contribution < 1.29 is 28.6 Å². The predicted molar refractivity (Wildman–Crippen MR) is 357 cm³/mol. The minimum Gasteiger partial charge on any atom is -0.462 e. The molecular weight excluding hydrogens is 1010 g/mol. The van der Waals surface area contributed by atoms with Crippen LogP contribution in [0.4, 0.5) is 0 Å². The van der Waals surface area contributed by atoms with Gasteiger partial charge in [0.05, 0.1) is 0 Å². The van der Waals surface area contributed by atoms with Gasteiger partial charge in [-0.05, 0) is 135 Å². The number of hydrogen-bond acceptors (Lipinski definition) is 6. The number of rotatable bonds is 61. The SMILES string of the molecule is CC/C=C\C/C=C\C/C=C\C/C=C\C/C=C\C/C=C\CCCCCCCCCCC(=O)OCC(COC(=O)CCCCCCC/C=C\C/C=C\CCCC)OC(=O)CCCCCCCCCC/C=C\C/C=C\C/C=C\CCCCCCC. The molecule has 0 amide bonds. The molecule has 82 heavy (non-hydrogen) atoms. The lowest BCUT2D eigenvalue weighted by molar-refractivity contribution is -0.167. The summed E-state index contributed by atoms with van der Waals surface area (Å²) in [5.74, 6) is -0.917. The van der Waals surface area contributed by atoms with Gasteiger partial charge in [0.25, 0.3) is 0 Å². The van der Waals surface area contributed by atoms with Crippen LogP contribution in [0.15, 0.2) is 134 Å². The fourth-order valence-corrected chi connectivity index (χ4v) is 9.24. The second kappa shape index (κ2) is 69.0. The molecule has 6 heteroatoms. The van der Waals surface area contributed by atoms with Gasteiger partial charge >= 0.3 is 17.9 Å². The average molecular weight is 1140 g/mol. The molecule has 1 unspecified atom stereocenters. The molecule has 0 spiro atoms. The number of unbranched alkanes of at least 4 members (excludes halogenated alkanes) is 28. The third-order valence-corrected chi connectivity index (χ3v) is 14.4. The van der Waals surface area contributed by atoms with Crippen LogP contribution < -0.4 is 0 Å². The molecule has 0 fully saturated rings. The maximum absolute atomic E-state index is 12.9. The summed E-state index contributed by atoms with van der Waals surface area (Å²) in [6.45, 7) is 6.47. The first kappa shape index (κ1) is 77.5. The largest absolute Gasteiger partial charge is 0.462 e. The van der Waals surface area contributed by atoms with Gasteiger partial charge in [-0.2, -0.15) is 0 Å². The number of carbonyl (C=O) groups excluding carboxylic acids is 3. The van der Waals surface area contributed by atoms with Gasteiger partial charge in [-0.25, -0.2) is 0 Å². The molecule has 0 heterocycles. The Balaban J connectivity index is 4.39. The van der Waals surface area contributed by atoms with Crippen molar-refractivity contribution in [2.75, 3.05) is 13.2 Å².